The molecule has 0 aliphatic carbocycles. The summed E-state index contributed by atoms with van der Waals surface area (Å²) in [5.74, 6) is -3.17. The summed E-state index contributed by atoms with van der Waals surface area (Å²) >= 11 is 0.897. The second-order valence-electron chi connectivity index (χ2n) is 7.95. The van der Waals surface area contributed by atoms with Gasteiger partial charge in [-0.2, -0.15) is 0 Å². The fourth-order valence-corrected chi connectivity index (χ4v) is 5.32. The fourth-order valence-electron chi connectivity index (χ4n) is 3.94. The van der Waals surface area contributed by atoms with Crippen molar-refractivity contribution in [2.75, 3.05) is 0 Å². The average Bonchev–Trinajstić information content (AvgIpc) is 3.27. The minimum atomic E-state index is -1.56. The molecule has 0 saturated heterocycles. The zero-order valence-corrected chi connectivity index (χ0v) is 19.3. The molecule has 1 aliphatic rings. The molecule has 0 amide bonds. The molecule has 3 rings (SSSR count). The lowest BCUT2D eigenvalue weighted by Crippen LogP contribution is -2.38. The van der Waals surface area contributed by atoms with E-state index in [-0.39, 0.29) is 12.8 Å². The van der Waals surface area contributed by atoms with Gasteiger partial charge in [-0.15, -0.1) is 10.2 Å². The molecular formula is C24H28N4O4S. The Labute approximate surface area is 197 Å². The van der Waals surface area contributed by atoms with E-state index in [1.165, 1.54) is 5.56 Å². The molecule has 174 valence electrons. The largest absolute Gasteiger partial charge is 0.481 e. The number of rotatable bonds is 13. The van der Waals surface area contributed by atoms with Gasteiger partial charge in [-0.1, -0.05) is 73.3 Å². The third-order valence-electron chi connectivity index (χ3n) is 5.70. The molecule has 2 unspecified atom stereocenters. The number of carbonyl (C=O) groups is 2. The van der Waals surface area contributed by atoms with Gasteiger partial charge in [-0.25, -0.2) is 0 Å². The molecule has 0 spiro atoms. The first-order valence-electron chi connectivity index (χ1n) is 11.0. The van der Waals surface area contributed by atoms with Crippen molar-refractivity contribution >= 4 is 23.7 Å². The van der Waals surface area contributed by atoms with Crippen LogP contribution in [0.5, 0.6) is 0 Å². The van der Waals surface area contributed by atoms with Gasteiger partial charge in [0.25, 0.3) is 4.99 Å². The number of aryl methyl sites for hydroxylation is 2. The Bertz CT molecular complexity index is 1000. The smallest absolute Gasteiger partial charge is 0.317 e. The molecule has 2 N–H and O–H groups in total. The highest BCUT2D eigenvalue weighted by Gasteiger charge is 2.49. The molecule has 33 heavy (non-hydrogen) atoms. The molecule has 8 nitrogen and oxygen atoms in total. The number of thioether (sulfide) groups is 1. The second-order valence-corrected chi connectivity index (χ2v) is 9.35. The molecule has 0 aromatic heterocycles. The van der Waals surface area contributed by atoms with Gasteiger partial charge < -0.3 is 10.2 Å². The summed E-state index contributed by atoms with van der Waals surface area (Å²) in [4.78, 5) is 22.3. The van der Waals surface area contributed by atoms with Gasteiger partial charge in [0.1, 0.15) is 11.2 Å². The van der Waals surface area contributed by atoms with Crippen LogP contribution in [0.1, 0.15) is 42.9 Å². The van der Waals surface area contributed by atoms with Crippen molar-refractivity contribution in [1.29, 1.82) is 0 Å². The predicted molar refractivity (Wildman–Crippen MR) is 126 cm³/mol. The van der Waals surface area contributed by atoms with Crippen LogP contribution in [0.15, 0.2) is 75.3 Å². The Morgan fingerprint density at radius 3 is 2.09 bits per heavy atom. The Hall–Kier alpha value is -3.07. The monoisotopic (exact) mass is 468 g/mol. The number of benzene rings is 2. The average molecular weight is 469 g/mol. The van der Waals surface area contributed by atoms with Crippen molar-refractivity contribution in [1.82, 2.24) is 0 Å². The van der Waals surface area contributed by atoms with E-state index in [1.807, 2.05) is 42.5 Å². The minimum Gasteiger partial charge on any atom is -0.481 e. The highest BCUT2D eigenvalue weighted by Crippen LogP contribution is 2.44. The van der Waals surface area contributed by atoms with Crippen molar-refractivity contribution in [2.24, 2.45) is 26.6 Å². The van der Waals surface area contributed by atoms with Crippen LogP contribution >= 0.6 is 11.8 Å². The predicted octanol–water partition coefficient (Wildman–Crippen LogP) is 5.58. The lowest BCUT2D eigenvalue weighted by atomic mass is 9.97. The van der Waals surface area contributed by atoms with Crippen molar-refractivity contribution in [3.63, 3.8) is 0 Å². The maximum absolute atomic E-state index is 12.1. The van der Waals surface area contributed by atoms with Gasteiger partial charge in [0.15, 0.2) is 0 Å². The van der Waals surface area contributed by atoms with Crippen LogP contribution in [0.25, 0.3) is 0 Å². The molecule has 0 fully saturated rings. The summed E-state index contributed by atoms with van der Waals surface area (Å²) in [6, 6.07) is 18.1. The Balaban J connectivity index is 1.69. The normalized spacial score (nSPS) is 15.9. The first kappa shape index (κ1) is 24.6. The summed E-state index contributed by atoms with van der Waals surface area (Å²) in [6.45, 7) is 1.70. The van der Waals surface area contributed by atoms with Crippen LogP contribution in [0.4, 0.5) is 0 Å². The summed E-state index contributed by atoms with van der Waals surface area (Å²) in [5, 5.41) is 33.5. The molecular weight excluding hydrogens is 440 g/mol. The quantitative estimate of drug-likeness (QED) is 0.371. The topological polar surface area (TPSA) is 124 Å². The van der Waals surface area contributed by atoms with E-state index in [1.54, 1.807) is 6.92 Å². The molecule has 1 heterocycles. The summed E-state index contributed by atoms with van der Waals surface area (Å²) < 4.78 is 0. The van der Waals surface area contributed by atoms with E-state index in [2.05, 4.69) is 32.8 Å². The van der Waals surface area contributed by atoms with Crippen LogP contribution in [0, 0.1) is 5.92 Å². The van der Waals surface area contributed by atoms with Crippen LogP contribution in [0.3, 0.4) is 0 Å². The maximum Gasteiger partial charge on any atom is 0.317 e. The minimum absolute atomic E-state index is 0.227. The molecule has 2 aromatic rings. The van der Waals surface area contributed by atoms with Crippen molar-refractivity contribution < 1.29 is 19.8 Å². The summed E-state index contributed by atoms with van der Waals surface area (Å²) in [7, 11) is 0. The second kappa shape index (κ2) is 11.7. The molecule has 0 bridgehead atoms. The number of unbranched alkanes of at least 4 members (excludes halogenated alkanes) is 1. The van der Waals surface area contributed by atoms with Gasteiger partial charge in [-0.3, -0.25) is 9.59 Å². The molecule has 0 saturated carbocycles. The van der Waals surface area contributed by atoms with E-state index in [9.17, 15) is 19.8 Å². The van der Waals surface area contributed by atoms with Gasteiger partial charge in [0.2, 0.25) is 0 Å². The maximum atomic E-state index is 12.1. The van der Waals surface area contributed by atoms with E-state index >= 15 is 0 Å². The number of carboxylic acid groups (broad SMARTS) is 2. The molecule has 9 heteroatoms. The SMILES string of the molecule is CCC(C(=O)O)C1(SC(Cc2ccccc2CCCCc2ccccc2)C(=O)O)N=NN=N1. The Morgan fingerprint density at radius 2 is 1.48 bits per heavy atom. The van der Waals surface area contributed by atoms with Crippen molar-refractivity contribution in [3.8, 4) is 0 Å². The van der Waals surface area contributed by atoms with Crippen LogP contribution < -0.4 is 0 Å². The van der Waals surface area contributed by atoms with Crippen LogP contribution in [-0.4, -0.2) is 32.4 Å². The number of hydrogen-bond acceptors (Lipinski definition) is 7. The zero-order valence-electron chi connectivity index (χ0n) is 18.5. The van der Waals surface area contributed by atoms with Gasteiger partial charge in [-0.05, 0) is 65.7 Å². The number of aliphatic carboxylic acids is 2. The standard InChI is InChI=1S/C24H28N4O4S/c1-2-20(22(29)30)24(25-27-28-26-24)33-21(23(31)32)16-19-15-9-8-14-18(19)13-7-6-12-17-10-4-3-5-11-17/h3-5,8-11,14-15,20-21H,2,6-7,12-13,16H2,1H3,(H,29,30)(H,31,32). The molecule has 2 aromatic carbocycles. The zero-order chi connectivity index (χ0) is 23.7. The molecule has 2 atom stereocenters. The third kappa shape index (κ3) is 6.47. The molecule has 0 radical (unpaired) electrons. The highest BCUT2D eigenvalue weighted by molar-refractivity contribution is 8.01. The lowest BCUT2D eigenvalue weighted by molar-refractivity contribution is -0.143. The van der Waals surface area contributed by atoms with Crippen molar-refractivity contribution in [3.05, 3.63) is 71.3 Å². The summed E-state index contributed by atoms with van der Waals surface area (Å²) in [5.41, 5.74) is 3.34. The van der Waals surface area contributed by atoms with E-state index in [4.69, 9.17) is 0 Å². The van der Waals surface area contributed by atoms with Crippen LogP contribution in [0.2, 0.25) is 0 Å². The third-order valence-corrected chi connectivity index (χ3v) is 7.14. The Kier molecular flexibility index (Phi) is 8.71. The first-order chi connectivity index (χ1) is 15.9. The van der Waals surface area contributed by atoms with Crippen LogP contribution in [-0.2, 0) is 28.9 Å². The van der Waals surface area contributed by atoms with Crippen molar-refractivity contribution in [2.45, 2.75) is 55.7 Å². The highest BCUT2D eigenvalue weighted by atomic mass is 32.2. The Morgan fingerprint density at radius 1 is 0.879 bits per heavy atom. The van der Waals surface area contributed by atoms with Gasteiger partial charge in [0.05, 0.1) is 0 Å². The van der Waals surface area contributed by atoms with Gasteiger partial charge in [0, 0.05) is 0 Å². The van der Waals surface area contributed by atoms with E-state index in [0.717, 1.165) is 48.6 Å². The first-order valence-corrected chi connectivity index (χ1v) is 11.9. The lowest BCUT2D eigenvalue weighted by Gasteiger charge is -2.28. The fraction of sp³-hybridized carbons (Fsp3) is 0.417. The number of carboxylic acids is 2. The van der Waals surface area contributed by atoms with Gasteiger partial charge >= 0.3 is 11.9 Å². The molecule has 1 aliphatic heterocycles. The summed E-state index contributed by atoms with van der Waals surface area (Å²) in [6.07, 6.45) is 4.33. The van der Waals surface area contributed by atoms with E-state index < -0.39 is 28.1 Å². The van der Waals surface area contributed by atoms with E-state index in [0.29, 0.717) is 0 Å². The number of hydrogen-bond donors (Lipinski definition) is 2. The number of nitrogens with zero attached hydrogens (tertiary/aromatic N) is 4.